The molecule has 2 bridgehead atoms. The molecule has 21 heavy (non-hydrogen) atoms. The highest BCUT2D eigenvalue weighted by atomic mass is 16.3. The Bertz CT molecular complexity index is 511. The fourth-order valence-corrected chi connectivity index (χ4v) is 4.96. The van der Waals surface area contributed by atoms with Crippen molar-refractivity contribution in [1.29, 1.82) is 0 Å². The van der Waals surface area contributed by atoms with Gasteiger partial charge in [0, 0.05) is 13.1 Å². The molecule has 1 aromatic carbocycles. The van der Waals surface area contributed by atoms with Crippen molar-refractivity contribution in [2.75, 3.05) is 13.1 Å². The number of hydrogen-bond donors (Lipinski definition) is 1. The second kappa shape index (κ2) is 5.04. The highest BCUT2D eigenvalue weighted by molar-refractivity contribution is 5.79. The highest BCUT2D eigenvalue weighted by Crippen LogP contribution is 2.51. The minimum absolute atomic E-state index is 0.259. The largest absolute Gasteiger partial charge is 0.508 e. The fourth-order valence-electron chi connectivity index (χ4n) is 4.96. The van der Waals surface area contributed by atoms with Crippen molar-refractivity contribution in [2.24, 2.45) is 23.7 Å². The van der Waals surface area contributed by atoms with Crippen molar-refractivity contribution in [1.82, 2.24) is 4.90 Å². The highest BCUT2D eigenvalue weighted by Gasteiger charge is 2.48. The lowest BCUT2D eigenvalue weighted by atomic mass is 9.60. The first-order valence-corrected chi connectivity index (χ1v) is 8.26. The Morgan fingerprint density at radius 1 is 1.00 bits per heavy atom. The molecule has 3 aliphatic carbocycles. The summed E-state index contributed by atoms with van der Waals surface area (Å²) in [6.45, 7) is 1.98. The van der Waals surface area contributed by atoms with E-state index in [-0.39, 0.29) is 11.7 Å². The van der Waals surface area contributed by atoms with Gasteiger partial charge in [0.1, 0.15) is 5.75 Å². The van der Waals surface area contributed by atoms with Crippen LogP contribution in [0.1, 0.15) is 31.2 Å². The fraction of sp³-hybridized carbons (Fsp3) is 0.611. The minimum atomic E-state index is 0.259. The molecule has 4 aliphatic rings. The Morgan fingerprint density at radius 2 is 1.52 bits per heavy atom. The van der Waals surface area contributed by atoms with Gasteiger partial charge in [-0.25, -0.2) is 0 Å². The van der Waals surface area contributed by atoms with Gasteiger partial charge in [0.05, 0.1) is 6.42 Å². The molecule has 0 radical (unpaired) electrons. The summed E-state index contributed by atoms with van der Waals surface area (Å²) in [5.74, 6) is 3.84. The molecule has 1 saturated heterocycles. The van der Waals surface area contributed by atoms with Crippen molar-refractivity contribution in [3.05, 3.63) is 29.8 Å². The van der Waals surface area contributed by atoms with Crippen LogP contribution in [0.4, 0.5) is 0 Å². The molecule has 1 aromatic rings. The van der Waals surface area contributed by atoms with Crippen LogP contribution in [0.5, 0.6) is 5.75 Å². The van der Waals surface area contributed by atoms with E-state index >= 15 is 0 Å². The summed E-state index contributed by atoms with van der Waals surface area (Å²) in [5.41, 5.74) is 0.996. The van der Waals surface area contributed by atoms with Crippen molar-refractivity contribution < 1.29 is 9.90 Å². The number of fused-ring (bicyclic) bond motifs is 2. The number of amides is 1. The molecular formula is C18H23NO2. The van der Waals surface area contributed by atoms with Gasteiger partial charge in [0.2, 0.25) is 5.91 Å². The molecule has 5 rings (SSSR count). The third kappa shape index (κ3) is 2.33. The Morgan fingerprint density at radius 3 is 2.05 bits per heavy atom. The number of nitrogens with zero attached hydrogens (tertiary/aromatic N) is 1. The number of rotatable bonds is 2. The van der Waals surface area contributed by atoms with Gasteiger partial charge in [-0.1, -0.05) is 12.1 Å². The molecule has 4 fully saturated rings. The van der Waals surface area contributed by atoms with E-state index in [0.717, 1.165) is 42.3 Å². The third-order valence-corrected chi connectivity index (χ3v) is 6.08. The van der Waals surface area contributed by atoms with Gasteiger partial charge in [0.25, 0.3) is 0 Å². The van der Waals surface area contributed by atoms with E-state index in [4.69, 9.17) is 0 Å². The van der Waals surface area contributed by atoms with Crippen LogP contribution < -0.4 is 0 Å². The molecule has 3 heteroatoms. The molecule has 0 aromatic heterocycles. The maximum atomic E-state index is 12.5. The summed E-state index contributed by atoms with van der Waals surface area (Å²) < 4.78 is 0. The monoisotopic (exact) mass is 285 g/mol. The van der Waals surface area contributed by atoms with Crippen LogP contribution in [0.3, 0.4) is 0 Å². The third-order valence-electron chi connectivity index (χ3n) is 6.08. The van der Waals surface area contributed by atoms with Gasteiger partial charge >= 0.3 is 0 Å². The Labute approximate surface area is 126 Å². The van der Waals surface area contributed by atoms with Crippen molar-refractivity contribution >= 4 is 5.91 Å². The Hall–Kier alpha value is -1.51. The van der Waals surface area contributed by atoms with Gasteiger partial charge in [-0.3, -0.25) is 4.79 Å². The molecule has 3 nitrogen and oxygen atoms in total. The number of hydrogen-bond acceptors (Lipinski definition) is 2. The molecular weight excluding hydrogens is 262 g/mol. The van der Waals surface area contributed by atoms with Gasteiger partial charge in [-0.15, -0.1) is 0 Å². The summed E-state index contributed by atoms with van der Waals surface area (Å²) in [7, 11) is 0. The second-order valence-electron chi connectivity index (χ2n) is 7.14. The number of benzene rings is 1. The summed E-state index contributed by atoms with van der Waals surface area (Å²) in [6, 6.07) is 7.01. The summed E-state index contributed by atoms with van der Waals surface area (Å²) in [5, 5.41) is 9.31. The van der Waals surface area contributed by atoms with E-state index in [0.29, 0.717) is 6.42 Å². The van der Waals surface area contributed by atoms with Gasteiger partial charge in [0.15, 0.2) is 0 Å². The first kappa shape index (κ1) is 13.2. The molecule has 1 amide bonds. The van der Waals surface area contributed by atoms with Crippen LogP contribution in [-0.4, -0.2) is 29.0 Å². The van der Waals surface area contributed by atoms with E-state index in [1.165, 1.54) is 25.7 Å². The zero-order valence-electron chi connectivity index (χ0n) is 12.4. The molecule has 3 saturated carbocycles. The lowest BCUT2D eigenvalue weighted by Gasteiger charge is -2.44. The van der Waals surface area contributed by atoms with Crippen molar-refractivity contribution in [3.63, 3.8) is 0 Å². The number of likely N-dealkylation sites (tertiary alicyclic amines) is 1. The van der Waals surface area contributed by atoms with E-state index in [1.807, 2.05) is 12.1 Å². The quantitative estimate of drug-likeness (QED) is 0.907. The van der Waals surface area contributed by atoms with Crippen molar-refractivity contribution in [3.8, 4) is 5.75 Å². The zero-order valence-corrected chi connectivity index (χ0v) is 12.4. The van der Waals surface area contributed by atoms with E-state index < -0.39 is 0 Å². The van der Waals surface area contributed by atoms with E-state index in [1.54, 1.807) is 12.1 Å². The first-order chi connectivity index (χ1) is 10.2. The first-order valence-electron chi connectivity index (χ1n) is 8.26. The molecule has 1 N–H and O–H groups in total. The van der Waals surface area contributed by atoms with Crippen LogP contribution in [0, 0.1) is 23.7 Å². The Balaban J connectivity index is 1.43. The maximum Gasteiger partial charge on any atom is 0.227 e. The normalized spacial score (nSPS) is 34.0. The van der Waals surface area contributed by atoms with Crippen LogP contribution in [0.15, 0.2) is 24.3 Å². The van der Waals surface area contributed by atoms with Crippen LogP contribution in [0.25, 0.3) is 0 Å². The Kier molecular flexibility index (Phi) is 3.16. The van der Waals surface area contributed by atoms with Crippen LogP contribution in [0.2, 0.25) is 0 Å². The summed E-state index contributed by atoms with van der Waals surface area (Å²) >= 11 is 0. The molecule has 2 atom stereocenters. The van der Waals surface area contributed by atoms with E-state index in [9.17, 15) is 9.90 Å². The lowest BCUT2D eigenvalue weighted by Crippen LogP contribution is -2.38. The average Bonchev–Trinajstić information content (AvgIpc) is 2.98. The molecule has 112 valence electrons. The van der Waals surface area contributed by atoms with Gasteiger partial charge in [-0.2, -0.15) is 0 Å². The molecule has 0 unspecified atom stereocenters. The lowest BCUT2D eigenvalue weighted by molar-refractivity contribution is -0.129. The van der Waals surface area contributed by atoms with Crippen LogP contribution >= 0.6 is 0 Å². The number of carbonyl (C=O) groups excluding carboxylic acids is 1. The van der Waals surface area contributed by atoms with Gasteiger partial charge < -0.3 is 10.0 Å². The SMILES string of the molecule is O=C(Cc1ccc(O)cc1)N1C[C@@H]2C3CCC(CC3)[C@@H]2C1. The average molecular weight is 285 g/mol. The predicted octanol–water partition coefficient (Wildman–Crippen LogP) is 2.83. The van der Waals surface area contributed by atoms with Crippen molar-refractivity contribution in [2.45, 2.75) is 32.1 Å². The molecule has 1 aliphatic heterocycles. The number of aromatic hydroxyl groups is 1. The van der Waals surface area contributed by atoms with Crippen LogP contribution in [-0.2, 0) is 11.2 Å². The zero-order chi connectivity index (χ0) is 14.4. The topological polar surface area (TPSA) is 40.5 Å². The maximum absolute atomic E-state index is 12.5. The van der Waals surface area contributed by atoms with E-state index in [2.05, 4.69) is 4.90 Å². The molecule has 1 heterocycles. The number of phenolic OH excluding ortho intramolecular Hbond substituents is 1. The second-order valence-corrected chi connectivity index (χ2v) is 7.14. The standard InChI is InChI=1S/C18H23NO2/c20-15-7-1-12(2-8-15)9-18(21)19-10-16-13-3-4-14(6-5-13)17(16)11-19/h1-2,7-8,13-14,16-17,20H,3-6,9-11H2/t13?,14?,16-,17+. The molecule has 0 spiro atoms. The predicted molar refractivity (Wildman–Crippen MR) is 80.8 cm³/mol. The smallest absolute Gasteiger partial charge is 0.227 e. The number of carbonyl (C=O) groups is 1. The minimum Gasteiger partial charge on any atom is -0.508 e. The van der Waals surface area contributed by atoms with Gasteiger partial charge in [-0.05, 0) is 67.1 Å². The summed E-state index contributed by atoms with van der Waals surface area (Å²) in [6.07, 6.45) is 6.05. The summed E-state index contributed by atoms with van der Waals surface area (Å²) in [4.78, 5) is 14.7. The number of phenols is 1.